The molecule has 1 rings (SSSR count). The summed E-state index contributed by atoms with van der Waals surface area (Å²) in [7, 11) is 10.1. The van der Waals surface area contributed by atoms with E-state index in [1.807, 2.05) is 7.05 Å². The quantitative estimate of drug-likeness (QED) is 0.787. The molecule has 0 spiro atoms. The first-order chi connectivity index (χ1) is 9.47. The van der Waals surface area contributed by atoms with Crippen molar-refractivity contribution in [2.45, 2.75) is 19.5 Å². The molecule has 0 radical (unpaired) electrons. The molecule has 0 aliphatic carbocycles. The second-order valence-corrected chi connectivity index (χ2v) is 5.62. The highest BCUT2D eigenvalue weighted by molar-refractivity contribution is 5.38. The van der Waals surface area contributed by atoms with Crippen LogP contribution in [0.5, 0.6) is 5.75 Å². The van der Waals surface area contributed by atoms with Gasteiger partial charge in [-0.1, -0.05) is 6.07 Å². The van der Waals surface area contributed by atoms with E-state index >= 15 is 0 Å². The number of ether oxygens (including phenoxy) is 1. The van der Waals surface area contributed by atoms with Crippen molar-refractivity contribution in [1.29, 1.82) is 0 Å². The second-order valence-electron chi connectivity index (χ2n) is 5.62. The van der Waals surface area contributed by atoms with E-state index < -0.39 is 0 Å². The third-order valence-electron chi connectivity index (χ3n) is 3.61. The minimum absolute atomic E-state index is 0.353. The van der Waals surface area contributed by atoms with Crippen LogP contribution in [0.4, 0.5) is 0 Å². The zero-order valence-electron chi connectivity index (χ0n) is 13.7. The fraction of sp³-hybridized carbons (Fsp3) is 0.625. The molecule has 1 aromatic rings. The molecule has 0 fully saturated rings. The van der Waals surface area contributed by atoms with Crippen molar-refractivity contribution in [2.24, 2.45) is 0 Å². The standard InChI is InChI=1S/C16H29N3O/c1-13(17-2)14-7-8-16(20-6)15(11-14)12-19(5)10-9-18(3)4/h7-8,11,13,17H,9-10,12H2,1-6H3. The minimum atomic E-state index is 0.353. The molecule has 114 valence electrons. The summed E-state index contributed by atoms with van der Waals surface area (Å²) in [4.78, 5) is 4.53. The zero-order chi connectivity index (χ0) is 15.1. The molecule has 4 heteroatoms. The van der Waals surface area contributed by atoms with Gasteiger partial charge in [0.1, 0.15) is 5.75 Å². The lowest BCUT2D eigenvalue weighted by atomic mass is 10.0. The lowest BCUT2D eigenvalue weighted by Gasteiger charge is -2.21. The highest BCUT2D eigenvalue weighted by Crippen LogP contribution is 2.24. The number of likely N-dealkylation sites (N-methyl/N-ethyl adjacent to an activating group) is 2. The van der Waals surface area contributed by atoms with Crippen LogP contribution in [0.3, 0.4) is 0 Å². The highest BCUT2D eigenvalue weighted by Gasteiger charge is 2.10. The highest BCUT2D eigenvalue weighted by atomic mass is 16.5. The molecule has 0 saturated heterocycles. The van der Waals surface area contributed by atoms with Crippen LogP contribution in [0.25, 0.3) is 0 Å². The van der Waals surface area contributed by atoms with E-state index in [4.69, 9.17) is 4.74 Å². The molecule has 1 unspecified atom stereocenters. The molecule has 20 heavy (non-hydrogen) atoms. The predicted octanol–water partition coefficient (Wildman–Crippen LogP) is 1.97. The van der Waals surface area contributed by atoms with Gasteiger partial charge in [-0.3, -0.25) is 0 Å². The van der Waals surface area contributed by atoms with Gasteiger partial charge in [-0.25, -0.2) is 0 Å². The summed E-state index contributed by atoms with van der Waals surface area (Å²) in [6.45, 7) is 5.18. The number of nitrogens with one attached hydrogen (secondary N) is 1. The maximum atomic E-state index is 5.48. The molecular weight excluding hydrogens is 250 g/mol. The molecule has 0 aliphatic heterocycles. The molecule has 0 aromatic heterocycles. The van der Waals surface area contributed by atoms with Crippen LogP contribution in [-0.2, 0) is 6.54 Å². The molecule has 1 atom stereocenters. The first kappa shape index (κ1) is 17.0. The van der Waals surface area contributed by atoms with Crippen LogP contribution in [0, 0.1) is 0 Å². The Labute approximate surface area is 123 Å². The Balaban J connectivity index is 2.80. The van der Waals surface area contributed by atoms with Crippen LogP contribution >= 0.6 is 0 Å². The van der Waals surface area contributed by atoms with Crippen LogP contribution in [0.1, 0.15) is 24.1 Å². The summed E-state index contributed by atoms with van der Waals surface area (Å²) in [6.07, 6.45) is 0. The van der Waals surface area contributed by atoms with Gasteiger partial charge < -0.3 is 19.9 Å². The van der Waals surface area contributed by atoms with Gasteiger partial charge in [-0.15, -0.1) is 0 Å². The third kappa shape index (κ3) is 5.12. The Morgan fingerprint density at radius 2 is 1.90 bits per heavy atom. The van der Waals surface area contributed by atoms with E-state index in [-0.39, 0.29) is 0 Å². The van der Waals surface area contributed by atoms with Gasteiger partial charge in [0.05, 0.1) is 7.11 Å². The van der Waals surface area contributed by atoms with E-state index in [0.717, 1.165) is 25.4 Å². The zero-order valence-corrected chi connectivity index (χ0v) is 13.7. The van der Waals surface area contributed by atoms with Crippen molar-refractivity contribution in [3.05, 3.63) is 29.3 Å². The van der Waals surface area contributed by atoms with Crippen LogP contribution < -0.4 is 10.1 Å². The lowest BCUT2D eigenvalue weighted by Crippen LogP contribution is -2.28. The number of nitrogens with zero attached hydrogens (tertiary/aromatic N) is 2. The van der Waals surface area contributed by atoms with Crippen molar-refractivity contribution < 1.29 is 4.74 Å². The average Bonchev–Trinajstić information content (AvgIpc) is 2.44. The molecule has 4 nitrogen and oxygen atoms in total. The molecule has 1 N–H and O–H groups in total. The normalized spacial score (nSPS) is 13.0. The summed E-state index contributed by atoms with van der Waals surface area (Å²) in [6, 6.07) is 6.79. The summed E-state index contributed by atoms with van der Waals surface area (Å²) >= 11 is 0. The third-order valence-corrected chi connectivity index (χ3v) is 3.61. The average molecular weight is 279 g/mol. The van der Waals surface area contributed by atoms with E-state index in [0.29, 0.717) is 6.04 Å². The van der Waals surface area contributed by atoms with Crippen molar-refractivity contribution in [1.82, 2.24) is 15.1 Å². The molecule has 0 amide bonds. The Morgan fingerprint density at radius 3 is 2.45 bits per heavy atom. The Bertz CT molecular complexity index is 407. The van der Waals surface area contributed by atoms with Crippen molar-refractivity contribution >= 4 is 0 Å². The topological polar surface area (TPSA) is 27.7 Å². The number of hydrogen-bond donors (Lipinski definition) is 1. The number of hydrogen-bond acceptors (Lipinski definition) is 4. The van der Waals surface area contributed by atoms with Gasteiger partial charge in [0.25, 0.3) is 0 Å². The summed E-state index contributed by atoms with van der Waals surface area (Å²) < 4.78 is 5.48. The van der Waals surface area contributed by atoms with Gasteiger partial charge >= 0.3 is 0 Å². The Morgan fingerprint density at radius 1 is 1.20 bits per heavy atom. The van der Waals surface area contributed by atoms with Gasteiger partial charge in [-0.2, -0.15) is 0 Å². The maximum Gasteiger partial charge on any atom is 0.123 e. The second kappa shape index (κ2) is 8.25. The Kier molecular flexibility index (Phi) is 6.99. The van der Waals surface area contributed by atoms with Crippen LogP contribution in [-0.4, -0.2) is 58.2 Å². The van der Waals surface area contributed by atoms with E-state index in [2.05, 4.69) is 61.4 Å². The van der Waals surface area contributed by atoms with Gasteiger partial charge in [-0.05, 0) is 52.8 Å². The molecule has 0 saturated carbocycles. The van der Waals surface area contributed by atoms with Gasteiger partial charge in [0, 0.05) is 31.2 Å². The fourth-order valence-electron chi connectivity index (χ4n) is 2.10. The van der Waals surface area contributed by atoms with Gasteiger partial charge in [0.15, 0.2) is 0 Å². The van der Waals surface area contributed by atoms with Crippen molar-refractivity contribution in [3.8, 4) is 5.75 Å². The van der Waals surface area contributed by atoms with Gasteiger partial charge in [0.2, 0.25) is 0 Å². The van der Waals surface area contributed by atoms with Crippen LogP contribution in [0.15, 0.2) is 18.2 Å². The maximum absolute atomic E-state index is 5.48. The summed E-state index contributed by atoms with van der Waals surface area (Å²) in [5.41, 5.74) is 2.54. The first-order valence-electron chi connectivity index (χ1n) is 7.15. The molecular formula is C16H29N3O. The SMILES string of the molecule is CNC(C)c1ccc(OC)c(CN(C)CCN(C)C)c1. The van der Waals surface area contributed by atoms with E-state index in [1.165, 1.54) is 11.1 Å². The van der Waals surface area contributed by atoms with E-state index in [1.54, 1.807) is 7.11 Å². The first-order valence-corrected chi connectivity index (χ1v) is 7.15. The molecule has 0 aliphatic rings. The molecule has 1 aromatic carbocycles. The van der Waals surface area contributed by atoms with Crippen LogP contribution in [0.2, 0.25) is 0 Å². The smallest absolute Gasteiger partial charge is 0.123 e. The largest absolute Gasteiger partial charge is 0.496 e. The monoisotopic (exact) mass is 279 g/mol. The Hall–Kier alpha value is -1.10. The molecule has 0 heterocycles. The van der Waals surface area contributed by atoms with E-state index in [9.17, 15) is 0 Å². The number of benzene rings is 1. The summed E-state index contributed by atoms with van der Waals surface area (Å²) in [5, 5.41) is 3.28. The minimum Gasteiger partial charge on any atom is -0.496 e. The summed E-state index contributed by atoms with van der Waals surface area (Å²) in [5.74, 6) is 0.966. The lowest BCUT2D eigenvalue weighted by molar-refractivity contribution is 0.272. The number of methoxy groups -OCH3 is 1. The molecule has 0 bridgehead atoms. The predicted molar refractivity (Wildman–Crippen MR) is 85.4 cm³/mol. The van der Waals surface area contributed by atoms with Crippen molar-refractivity contribution in [3.63, 3.8) is 0 Å². The van der Waals surface area contributed by atoms with Crippen molar-refractivity contribution in [2.75, 3.05) is 48.4 Å². The number of rotatable bonds is 8. The fourth-order valence-corrected chi connectivity index (χ4v) is 2.10.